The summed E-state index contributed by atoms with van der Waals surface area (Å²) >= 11 is 1.61. The Bertz CT molecular complexity index is 2560. The Hall–Kier alpha value is -6.58. The number of benzene rings is 6. The number of hydrogen-bond donors (Lipinski definition) is 4. The van der Waals surface area contributed by atoms with E-state index in [0.717, 1.165) is 34.9 Å². The van der Waals surface area contributed by atoms with Crippen LogP contribution in [0.5, 0.6) is 0 Å². The van der Waals surface area contributed by atoms with Crippen molar-refractivity contribution < 1.29 is 51.2 Å². The van der Waals surface area contributed by atoms with Crippen LogP contribution >= 0.6 is 11.8 Å². The summed E-state index contributed by atoms with van der Waals surface area (Å²) in [5, 5.41) is 22.6. The zero-order chi connectivity index (χ0) is 42.8. The van der Waals surface area contributed by atoms with Gasteiger partial charge in [-0.3, -0.25) is 13.8 Å². The number of aromatic carboxylic acids is 2. The summed E-state index contributed by atoms with van der Waals surface area (Å²) in [5.41, 5.74) is -0.589. The third kappa shape index (κ3) is 10.7. The van der Waals surface area contributed by atoms with E-state index in [1.165, 1.54) is 48.5 Å². The Morgan fingerprint density at radius 1 is 0.542 bits per heavy atom. The van der Waals surface area contributed by atoms with Gasteiger partial charge < -0.3 is 20.8 Å². The third-order valence-electron chi connectivity index (χ3n) is 8.54. The van der Waals surface area contributed by atoms with Crippen molar-refractivity contribution in [2.75, 3.05) is 22.1 Å². The number of thioether (sulfide) groups is 1. The van der Waals surface area contributed by atoms with E-state index >= 15 is 0 Å². The second-order valence-electron chi connectivity index (χ2n) is 12.4. The molecule has 6 aromatic rings. The van der Waals surface area contributed by atoms with Gasteiger partial charge in [-0.05, 0) is 101 Å². The van der Waals surface area contributed by atoms with Gasteiger partial charge in [-0.1, -0.05) is 62.4 Å². The molecule has 0 heterocycles. The van der Waals surface area contributed by atoms with Gasteiger partial charge in [0.1, 0.15) is 34.6 Å². The third-order valence-corrected chi connectivity index (χ3v) is 10.7. The summed E-state index contributed by atoms with van der Waals surface area (Å²) in [5.74, 6) is -7.15. The second-order valence-corrected chi connectivity index (χ2v) is 15.4. The molecule has 1 unspecified atom stereocenters. The first-order valence-electron chi connectivity index (χ1n) is 17.7. The van der Waals surface area contributed by atoms with Gasteiger partial charge >= 0.3 is 11.9 Å². The van der Waals surface area contributed by atoms with Crippen LogP contribution in [-0.4, -0.2) is 49.7 Å². The molecule has 0 aliphatic rings. The molecule has 0 aliphatic heterocycles. The fourth-order valence-corrected chi connectivity index (χ4v) is 7.27. The van der Waals surface area contributed by atoms with Crippen molar-refractivity contribution in [3.63, 3.8) is 0 Å². The molecule has 0 spiro atoms. The van der Waals surface area contributed by atoms with E-state index in [9.17, 15) is 51.2 Å². The number of anilines is 2. The first kappa shape index (κ1) is 43.5. The molecule has 4 N–H and O–H groups in total. The molecular formula is C44H34F4N2O7S2. The molecule has 0 saturated carbocycles. The lowest BCUT2D eigenvalue weighted by Gasteiger charge is -2.12. The van der Waals surface area contributed by atoms with Crippen LogP contribution in [0.1, 0.15) is 55.3 Å². The van der Waals surface area contributed by atoms with Crippen LogP contribution in [0.4, 0.5) is 28.9 Å². The largest absolute Gasteiger partial charge is 0.478 e. The number of hydrogen-bond acceptors (Lipinski definition) is 6. The van der Waals surface area contributed by atoms with Gasteiger partial charge in [0.05, 0.1) is 33.1 Å². The van der Waals surface area contributed by atoms with Crippen molar-refractivity contribution in [2.24, 2.45) is 0 Å². The summed E-state index contributed by atoms with van der Waals surface area (Å²) in [6, 6.07) is 29.0. The fourth-order valence-electron chi connectivity index (χ4n) is 5.73. The van der Waals surface area contributed by atoms with Crippen LogP contribution in [0.3, 0.4) is 0 Å². The molecule has 302 valence electrons. The van der Waals surface area contributed by atoms with Gasteiger partial charge in [-0.2, -0.15) is 0 Å². The van der Waals surface area contributed by atoms with Crippen molar-refractivity contribution in [2.45, 2.75) is 23.6 Å². The average molecular weight is 843 g/mol. The standard InChI is InChI=1S/C22H17F2NO4S.C22H17F2NO3S/c1-2-30(29)15-7-5-6-13(10-15)14-11-18(23)20(19(24)12-14)25-21(26)16-8-3-4-9-17(16)22(27)28;1-2-29-15-7-5-6-13(10-15)14-11-18(23)20(19(24)12-14)25-21(26)16-8-3-4-9-17(16)22(27)28/h3-12H,2H2,1H3,(H,25,26)(H,27,28);3-12H,2H2,1H3,(H,25,26)(H,27,28). The summed E-state index contributed by atoms with van der Waals surface area (Å²) in [7, 11) is -1.22. The number of nitrogens with one attached hydrogen (secondary N) is 2. The number of carbonyl (C=O) groups excluding carboxylic acids is 2. The quantitative estimate of drug-likeness (QED) is 0.0703. The Kier molecular flexibility index (Phi) is 14.6. The maximum Gasteiger partial charge on any atom is 0.336 e. The average Bonchev–Trinajstić information content (AvgIpc) is 3.23. The van der Waals surface area contributed by atoms with Crippen molar-refractivity contribution in [1.29, 1.82) is 0 Å². The first-order chi connectivity index (χ1) is 28.2. The highest BCUT2D eigenvalue weighted by Gasteiger charge is 2.22. The molecule has 59 heavy (non-hydrogen) atoms. The minimum absolute atomic E-state index is 0.188. The molecular weight excluding hydrogens is 809 g/mol. The normalized spacial score (nSPS) is 11.2. The minimum Gasteiger partial charge on any atom is -0.478 e. The molecule has 6 aromatic carbocycles. The highest BCUT2D eigenvalue weighted by atomic mass is 32.2. The minimum atomic E-state index is -1.33. The van der Waals surface area contributed by atoms with Crippen LogP contribution in [0.2, 0.25) is 0 Å². The molecule has 0 bridgehead atoms. The lowest BCUT2D eigenvalue weighted by Crippen LogP contribution is -2.18. The molecule has 0 radical (unpaired) electrons. The van der Waals surface area contributed by atoms with Crippen molar-refractivity contribution in [1.82, 2.24) is 0 Å². The predicted molar refractivity (Wildman–Crippen MR) is 220 cm³/mol. The maximum absolute atomic E-state index is 14.6. The second kappa shape index (κ2) is 19.7. The van der Waals surface area contributed by atoms with Crippen molar-refractivity contribution >= 4 is 57.7 Å². The topological polar surface area (TPSA) is 150 Å². The van der Waals surface area contributed by atoms with Crippen LogP contribution in [0.25, 0.3) is 22.3 Å². The monoisotopic (exact) mass is 842 g/mol. The van der Waals surface area contributed by atoms with Crippen molar-refractivity contribution in [3.05, 3.63) is 167 Å². The number of carboxylic acids is 2. The van der Waals surface area contributed by atoms with Gasteiger partial charge in [0.25, 0.3) is 11.8 Å². The molecule has 0 fully saturated rings. The van der Waals surface area contributed by atoms with Crippen LogP contribution in [0, 0.1) is 23.3 Å². The van der Waals surface area contributed by atoms with E-state index in [2.05, 4.69) is 10.6 Å². The van der Waals surface area contributed by atoms with Crippen molar-refractivity contribution in [3.8, 4) is 22.3 Å². The summed E-state index contributed by atoms with van der Waals surface area (Å²) < 4.78 is 70.5. The Balaban J connectivity index is 0.000000224. The molecule has 15 heteroatoms. The molecule has 9 nitrogen and oxygen atoms in total. The molecule has 0 aliphatic carbocycles. The van der Waals surface area contributed by atoms with Gasteiger partial charge in [-0.25, -0.2) is 27.2 Å². The summed E-state index contributed by atoms with van der Waals surface area (Å²) in [4.78, 5) is 48.9. The number of carbonyl (C=O) groups is 4. The van der Waals surface area contributed by atoms with Crippen LogP contribution < -0.4 is 10.6 Å². The number of carboxylic acid groups (broad SMARTS) is 2. The van der Waals surface area contributed by atoms with E-state index in [4.69, 9.17) is 0 Å². The Labute approximate surface area is 342 Å². The van der Waals surface area contributed by atoms with E-state index in [1.54, 1.807) is 49.0 Å². The highest BCUT2D eigenvalue weighted by molar-refractivity contribution is 7.99. The Morgan fingerprint density at radius 2 is 0.949 bits per heavy atom. The van der Waals surface area contributed by atoms with Gasteiger partial charge in [0.15, 0.2) is 0 Å². The summed E-state index contributed by atoms with van der Waals surface area (Å²) in [6.07, 6.45) is 0. The SMILES string of the molecule is CCS(=O)c1cccc(-c2cc(F)c(NC(=O)c3ccccc3C(=O)O)c(F)c2)c1.CCSc1cccc(-c2cc(F)c(NC(=O)c3ccccc3C(=O)O)c(F)c2)c1. The number of halogens is 4. The fraction of sp³-hybridized carbons (Fsp3) is 0.0909. The smallest absolute Gasteiger partial charge is 0.336 e. The van der Waals surface area contributed by atoms with E-state index in [0.29, 0.717) is 27.3 Å². The number of amides is 2. The lowest BCUT2D eigenvalue weighted by molar-refractivity contribution is 0.0683. The molecule has 0 aromatic heterocycles. The van der Waals surface area contributed by atoms with Gasteiger partial charge in [0.2, 0.25) is 0 Å². The molecule has 6 rings (SSSR count). The molecule has 1 atom stereocenters. The zero-order valence-electron chi connectivity index (χ0n) is 31.2. The predicted octanol–water partition coefficient (Wildman–Crippen LogP) is 10.4. The van der Waals surface area contributed by atoms with E-state index in [-0.39, 0.29) is 27.8 Å². The van der Waals surface area contributed by atoms with Crippen LogP contribution in [-0.2, 0) is 10.8 Å². The summed E-state index contributed by atoms with van der Waals surface area (Å²) in [6.45, 7) is 3.78. The van der Waals surface area contributed by atoms with E-state index < -0.39 is 69.2 Å². The Morgan fingerprint density at radius 3 is 1.36 bits per heavy atom. The molecule has 2 amide bonds. The van der Waals surface area contributed by atoms with Crippen LogP contribution in [0.15, 0.2) is 131 Å². The number of rotatable bonds is 12. The lowest BCUT2D eigenvalue weighted by atomic mass is 10.0. The van der Waals surface area contributed by atoms with E-state index in [1.807, 2.05) is 25.1 Å². The zero-order valence-corrected chi connectivity index (χ0v) is 32.9. The first-order valence-corrected chi connectivity index (χ1v) is 20.0. The van der Waals surface area contributed by atoms with Gasteiger partial charge in [0, 0.05) is 15.5 Å². The van der Waals surface area contributed by atoms with Gasteiger partial charge in [-0.15, -0.1) is 11.8 Å². The molecule has 0 saturated heterocycles. The highest BCUT2D eigenvalue weighted by Crippen LogP contribution is 2.32. The maximum atomic E-state index is 14.6.